The number of amides is 1. The predicted molar refractivity (Wildman–Crippen MR) is 96.7 cm³/mol. The topological polar surface area (TPSA) is 23.6 Å². The lowest BCUT2D eigenvalue weighted by Crippen LogP contribution is -2.48. The van der Waals surface area contributed by atoms with Crippen LogP contribution < -0.4 is 0 Å². The van der Waals surface area contributed by atoms with E-state index in [2.05, 4.69) is 20.8 Å². The van der Waals surface area contributed by atoms with Gasteiger partial charge >= 0.3 is 0 Å². The van der Waals surface area contributed by atoms with Crippen molar-refractivity contribution in [2.45, 2.75) is 6.54 Å². The molecule has 1 aliphatic heterocycles. The first-order valence-electron chi connectivity index (χ1n) is 7.74. The number of carbonyl (C=O) groups is 1. The van der Waals surface area contributed by atoms with Crippen molar-refractivity contribution in [2.24, 2.45) is 0 Å². The third-order valence-electron chi connectivity index (χ3n) is 4.11. The monoisotopic (exact) mass is 410 g/mol. The van der Waals surface area contributed by atoms with E-state index in [9.17, 15) is 9.18 Å². The summed E-state index contributed by atoms with van der Waals surface area (Å²) in [5.41, 5.74) is 1.27. The van der Waals surface area contributed by atoms with E-state index < -0.39 is 5.82 Å². The van der Waals surface area contributed by atoms with Crippen LogP contribution in [-0.2, 0) is 6.54 Å². The highest BCUT2D eigenvalue weighted by Gasteiger charge is 2.24. The largest absolute Gasteiger partial charge is 0.336 e. The van der Waals surface area contributed by atoms with Gasteiger partial charge in [-0.15, -0.1) is 0 Å². The molecule has 3 rings (SSSR count). The number of piperazine rings is 1. The number of rotatable bonds is 3. The average molecular weight is 412 g/mol. The van der Waals surface area contributed by atoms with E-state index in [-0.39, 0.29) is 11.5 Å². The second kappa shape index (κ2) is 7.64. The summed E-state index contributed by atoms with van der Waals surface area (Å²) in [5.74, 6) is -0.735. The maximum Gasteiger partial charge on any atom is 0.256 e. The van der Waals surface area contributed by atoms with Gasteiger partial charge in [-0.1, -0.05) is 39.7 Å². The summed E-state index contributed by atoms with van der Waals surface area (Å²) < 4.78 is 14.6. The Morgan fingerprint density at radius 3 is 2.58 bits per heavy atom. The molecule has 0 spiro atoms. The zero-order valence-electron chi connectivity index (χ0n) is 13.0. The molecule has 0 saturated carbocycles. The number of hydrogen-bond donors (Lipinski definition) is 0. The van der Waals surface area contributed by atoms with Crippen molar-refractivity contribution < 1.29 is 9.18 Å². The maximum atomic E-state index is 13.9. The van der Waals surface area contributed by atoms with Crippen LogP contribution in [0.5, 0.6) is 0 Å². The smallest absolute Gasteiger partial charge is 0.256 e. The molecule has 3 nitrogen and oxygen atoms in total. The minimum Gasteiger partial charge on any atom is -0.336 e. The van der Waals surface area contributed by atoms with Crippen LogP contribution in [0.3, 0.4) is 0 Å². The van der Waals surface area contributed by atoms with Crippen LogP contribution in [0, 0.1) is 5.82 Å². The first-order valence-corrected chi connectivity index (χ1v) is 8.91. The number of nitrogens with zero attached hydrogens (tertiary/aromatic N) is 2. The normalized spacial score (nSPS) is 15.5. The van der Waals surface area contributed by atoms with Gasteiger partial charge in [0.15, 0.2) is 0 Å². The second-order valence-electron chi connectivity index (χ2n) is 5.82. The average Bonchev–Trinajstić information content (AvgIpc) is 2.57. The van der Waals surface area contributed by atoms with Crippen LogP contribution in [0.4, 0.5) is 4.39 Å². The SMILES string of the molecule is O=C(c1cc(Br)ccc1F)N1CCN(Cc2cccc(Cl)c2)CC1. The van der Waals surface area contributed by atoms with E-state index in [0.29, 0.717) is 17.6 Å². The van der Waals surface area contributed by atoms with Crippen LogP contribution in [0.2, 0.25) is 5.02 Å². The Balaban J connectivity index is 1.60. The van der Waals surface area contributed by atoms with Gasteiger partial charge in [0, 0.05) is 42.2 Å². The summed E-state index contributed by atoms with van der Waals surface area (Å²) in [7, 11) is 0. The van der Waals surface area contributed by atoms with Crippen molar-refractivity contribution in [2.75, 3.05) is 26.2 Å². The van der Waals surface area contributed by atoms with E-state index >= 15 is 0 Å². The van der Waals surface area contributed by atoms with Crippen LogP contribution >= 0.6 is 27.5 Å². The maximum absolute atomic E-state index is 13.9. The highest BCUT2D eigenvalue weighted by atomic mass is 79.9. The summed E-state index contributed by atoms with van der Waals surface area (Å²) in [6, 6.07) is 12.2. The van der Waals surface area contributed by atoms with E-state index in [1.165, 1.54) is 12.1 Å². The molecule has 1 saturated heterocycles. The number of benzene rings is 2. The summed E-state index contributed by atoms with van der Waals surface area (Å²) in [4.78, 5) is 16.5. The second-order valence-corrected chi connectivity index (χ2v) is 7.17. The van der Waals surface area contributed by atoms with Gasteiger partial charge < -0.3 is 4.90 Å². The van der Waals surface area contributed by atoms with Crippen molar-refractivity contribution in [3.8, 4) is 0 Å². The quantitative estimate of drug-likeness (QED) is 0.756. The van der Waals surface area contributed by atoms with Crippen LogP contribution in [0.15, 0.2) is 46.9 Å². The third kappa shape index (κ3) is 4.15. The Hall–Kier alpha value is -1.43. The fourth-order valence-electron chi connectivity index (χ4n) is 2.83. The van der Waals surface area contributed by atoms with Crippen LogP contribution in [0.1, 0.15) is 15.9 Å². The van der Waals surface area contributed by atoms with Gasteiger partial charge in [-0.25, -0.2) is 4.39 Å². The van der Waals surface area contributed by atoms with Gasteiger partial charge in [0.05, 0.1) is 5.56 Å². The molecule has 6 heteroatoms. The molecule has 1 amide bonds. The standard InChI is InChI=1S/C18H17BrClFN2O/c19-14-4-5-17(21)16(11-14)18(24)23-8-6-22(7-9-23)12-13-2-1-3-15(20)10-13/h1-5,10-11H,6-9,12H2. The number of carbonyl (C=O) groups excluding carboxylic acids is 1. The molecule has 126 valence electrons. The molecule has 2 aromatic rings. The Morgan fingerprint density at radius 2 is 1.88 bits per heavy atom. The summed E-state index contributed by atoms with van der Waals surface area (Å²) in [6.45, 7) is 3.49. The molecular weight excluding hydrogens is 395 g/mol. The molecule has 0 aromatic heterocycles. The Labute approximate surface area is 154 Å². The van der Waals surface area contributed by atoms with Gasteiger partial charge in [-0.3, -0.25) is 9.69 Å². The molecule has 1 fully saturated rings. The molecule has 2 aromatic carbocycles. The lowest BCUT2D eigenvalue weighted by Gasteiger charge is -2.34. The Bertz CT molecular complexity index is 748. The Kier molecular flexibility index (Phi) is 5.54. The number of hydrogen-bond acceptors (Lipinski definition) is 2. The molecule has 0 atom stereocenters. The highest BCUT2D eigenvalue weighted by molar-refractivity contribution is 9.10. The van der Waals surface area contributed by atoms with Gasteiger partial charge in [0.2, 0.25) is 0 Å². The number of halogens is 3. The van der Waals surface area contributed by atoms with E-state index in [1.807, 2.05) is 24.3 Å². The van der Waals surface area contributed by atoms with Crippen molar-refractivity contribution in [3.05, 3.63) is 68.9 Å². The molecule has 0 radical (unpaired) electrons. The lowest BCUT2D eigenvalue weighted by molar-refractivity contribution is 0.0624. The minimum absolute atomic E-state index is 0.118. The van der Waals surface area contributed by atoms with E-state index in [4.69, 9.17) is 11.6 Å². The summed E-state index contributed by atoms with van der Waals surface area (Å²) in [5, 5.41) is 0.728. The van der Waals surface area contributed by atoms with Gasteiger partial charge in [0.1, 0.15) is 5.82 Å². The molecule has 0 unspecified atom stereocenters. The predicted octanol–water partition coefficient (Wildman–Crippen LogP) is 4.20. The molecule has 24 heavy (non-hydrogen) atoms. The van der Waals surface area contributed by atoms with Crippen molar-refractivity contribution >= 4 is 33.4 Å². The fraction of sp³-hybridized carbons (Fsp3) is 0.278. The zero-order chi connectivity index (χ0) is 17.1. The third-order valence-corrected chi connectivity index (χ3v) is 4.84. The van der Waals surface area contributed by atoms with Gasteiger partial charge in [-0.05, 0) is 35.9 Å². The fourth-order valence-corrected chi connectivity index (χ4v) is 3.41. The summed E-state index contributed by atoms with van der Waals surface area (Å²) >= 11 is 9.30. The van der Waals surface area contributed by atoms with Crippen LogP contribution in [-0.4, -0.2) is 41.9 Å². The highest BCUT2D eigenvalue weighted by Crippen LogP contribution is 2.19. The van der Waals surface area contributed by atoms with Crippen molar-refractivity contribution in [1.82, 2.24) is 9.80 Å². The molecular formula is C18H17BrClFN2O. The van der Waals surface area contributed by atoms with Crippen molar-refractivity contribution in [3.63, 3.8) is 0 Å². The lowest BCUT2D eigenvalue weighted by atomic mass is 10.1. The minimum atomic E-state index is -0.482. The first-order chi connectivity index (χ1) is 11.5. The molecule has 1 heterocycles. The van der Waals surface area contributed by atoms with E-state index in [0.717, 1.165) is 30.2 Å². The molecule has 0 aliphatic carbocycles. The van der Waals surface area contributed by atoms with Crippen molar-refractivity contribution in [1.29, 1.82) is 0 Å². The first kappa shape index (κ1) is 17.4. The molecule has 0 N–H and O–H groups in total. The Morgan fingerprint density at radius 1 is 1.12 bits per heavy atom. The van der Waals surface area contributed by atoms with Crippen LogP contribution in [0.25, 0.3) is 0 Å². The zero-order valence-corrected chi connectivity index (χ0v) is 15.4. The van der Waals surface area contributed by atoms with Gasteiger partial charge in [0.25, 0.3) is 5.91 Å². The molecule has 1 aliphatic rings. The summed E-state index contributed by atoms with van der Waals surface area (Å²) in [6.07, 6.45) is 0. The van der Waals surface area contributed by atoms with Gasteiger partial charge in [-0.2, -0.15) is 0 Å². The van der Waals surface area contributed by atoms with E-state index in [1.54, 1.807) is 11.0 Å². The molecule has 0 bridgehead atoms.